The van der Waals surface area contributed by atoms with Gasteiger partial charge >= 0.3 is 15.6 Å². The first-order chi connectivity index (χ1) is 16.0. The van der Waals surface area contributed by atoms with Gasteiger partial charge in [0.15, 0.2) is 0 Å². The van der Waals surface area contributed by atoms with Crippen LogP contribution < -0.4 is 4.18 Å². The molecule has 2 N–H and O–H groups in total. The summed E-state index contributed by atoms with van der Waals surface area (Å²) in [4.78, 5) is 0.789. The number of aliphatic hydroxyl groups excluding tert-OH is 2. The molecule has 1 aliphatic rings. The van der Waals surface area contributed by atoms with Crippen LogP contribution in [0.3, 0.4) is 0 Å². The van der Waals surface area contributed by atoms with Crippen molar-refractivity contribution in [3.05, 3.63) is 58.7 Å². The van der Waals surface area contributed by atoms with Crippen molar-refractivity contribution in [2.45, 2.75) is 48.0 Å². The molecular weight excluding hydrogens is 495 g/mol. The maximum Gasteiger partial charge on any atom is 0.534 e. The number of halogens is 3. The maximum atomic E-state index is 12.5. The molecule has 0 saturated carbocycles. The number of nitrogens with zero attached hydrogens (tertiary/aromatic N) is 1. The summed E-state index contributed by atoms with van der Waals surface area (Å²) in [6.07, 6.45) is 1.08. The van der Waals surface area contributed by atoms with Crippen LogP contribution in [-0.2, 0) is 21.3 Å². The van der Waals surface area contributed by atoms with Gasteiger partial charge in [0.1, 0.15) is 5.75 Å². The summed E-state index contributed by atoms with van der Waals surface area (Å²) in [6, 6.07) is 10.7. The van der Waals surface area contributed by atoms with Crippen molar-refractivity contribution in [1.29, 1.82) is 5.26 Å². The smallest absolute Gasteiger partial charge is 0.394 e. The summed E-state index contributed by atoms with van der Waals surface area (Å²) < 4.78 is 69.9. The van der Waals surface area contributed by atoms with E-state index in [9.17, 15) is 37.1 Å². The summed E-state index contributed by atoms with van der Waals surface area (Å²) in [5.41, 5.74) is -3.16. The van der Waals surface area contributed by atoms with E-state index >= 15 is 0 Å². The van der Waals surface area contributed by atoms with Crippen LogP contribution in [-0.4, -0.2) is 49.2 Å². The van der Waals surface area contributed by atoms with E-state index in [0.717, 1.165) is 22.6 Å². The van der Waals surface area contributed by atoms with E-state index in [-0.39, 0.29) is 13.0 Å². The Bertz CT molecular complexity index is 1160. The Morgan fingerprint density at radius 3 is 2.47 bits per heavy atom. The molecule has 3 rings (SSSR count). The van der Waals surface area contributed by atoms with E-state index in [1.54, 1.807) is 12.1 Å². The molecule has 34 heavy (non-hydrogen) atoms. The van der Waals surface area contributed by atoms with Gasteiger partial charge < -0.3 is 19.1 Å². The quantitative estimate of drug-likeness (QED) is 0.325. The van der Waals surface area contributed by atoms with Gasteiger partial charge in [-0.05, 0) is 47.6 Å². The van der Waals surface area contributed by atoms with Crippen LogP contribution in [0.1, 0.15) is 41.2 Å². The van der Waals surface area contributed by atoms with Crippen molar-refractivity contribution < 1.29 is 40.7 Å². The lowest BCUT2D eigenvalue weighted by molar-refractivity contribution is -0.114. The Kier molecular flexibility index (Phi) is 8.15. The summed E-state index contributed by atoms with van der Waals surface area (Å²) in [5.74, 6) is -0.486. The number of rotatable bonds is 7. The first kappa shape index (κ1) is 26.3. The van der Waals surface area contributed by atoms with Gasteiger partial charge in [-0.15, -0.1) is 11.8 Å². The van der Waals surface area contributed by atoms with Gasteiger partial charge in [-0.3, -0.25) is 0 Å². The Hall–Kier alpha value is -2.30. The molecule has 0 amide bonds. The minimum Gasteiger partial charge on any atom is -0.394 e. The fourth-order valence-electron chi connectivity index (χ4n) is 3.69. The van der Waals surface area contributed by atoms with Crippen molar-refractivity contribution in [3.8, 4) is 11.8 Å². The number of benzene rings is 2. The minimum atomic E-state index is -5.77. The first-order valence-electron chi connectivity index (χ1n) is 10.1. The summed E-state index contributed by atoms with van der Waals surface area (Å²) in [5, 5.41) is 29.3. The van der Waals surface area contributed by atoms with E-state index < -0.39 is 39.7 Å². The number of hydrogen-bond acceptors (Lipinski definition) is 8. The molecule has 0 spiro atoms. The fraction of sp³-hybridized carbons (Fsp3) is 0.409. The molecule has 2 aromatic rings. The van der Waals surface area contributed by atoms with E-state index in [0.29, 0.717) is 29.5 Å². The highest BCUT2D eigenvalue weighted by Gasteiger charge is 2.48. The van der Waals surface area contributed by atoms with Gasteiger partial charge in [-0.2, -0.15) is 26.9 Å². The molecule has 3 unspecified atom stereocenters. The van der Waals surface area contributed by atoms with Crippen LogP contribution >= 0.6 is 11.8 Å². The van der Waals surface area contributed by atoms with E-state index in [1.165, 1.54) is 23.9 Å². The third-order valence-corrected chi connectivity index (χ3v) is 7.08. The van der Waals surface area contributed by atoms with Crippen LogP contribution in [0.25, 0.3) is 0 Å². The molecule has 7 nitrogen and oxygen atoms in total. The van der Waals surface area contributed by atoms with Gasteiger partial charge in [0.25, 0.3) is 0 Å². The molecule has 3 atom stereocenters. The first-order valence-corrected chi connectivity index (χ1v) is 12.8. The van der Waals surface area contributed by atoms with Crippen LogP contribution in [0, 0.1) is 11.3 Å². The Morgan fingerprint density at radius 1 is 1.24 bits per heavy atom. The SMILES string of the molecule is CSc1cc(C#N)c(Cc2ccc(OS(=O)(=O)C(F)(F)F)cc2)cc1C1CC(O)CC(CO)O1. The zero-order chi connectivity index (χ0) is 25.1. The second kappa shape index (κ2) is 10.5. The number of ether oxygens (including phenoxy) is 1. The zero-order valence-electron chi connectivity index (χ0n) is 17.9. The molecular formula is C22H22F3NO6S2. The number of alkyl halides is 3. The van der Waals surface area contributed by atoms with E-state index in [1.807, 2.05) is 6.26 Å². The average molecular weight is 518 g/mol. The maximum absolute atomic E-state index is 12.5. The van der Waals surface area contributed by atoms with E-state index in [4.69, 9.17) is 4.74 Å². The van der Waals surface area contributed by atoms with Crippen molar-refractivity contribution in [2.75, 3.05) is 12.9 Å². The largest absolute Gasteiger partial charge is 0.534 e. The molecule has 0 aromatic heterocycles. The van der Waals surface area contributed by atoms with Crippen molar-refractivity contribution in [3.63, 3.8) is 0 Å². The highest BCUT2D eigenvalue weighted by Crippen LogP contribution is 2.38. The van der Waals surface area contributed by atoms with Gasteiger partial charge in [-0.1, -0.05) is 18.2 Å². The fourth-order valence-corrected chi connectivity index (χ4v) is 4.81. The number of nitriles is 1. The Balaban J connectivity index is 1.88. The zero-order valence-corrected chi connectivity index (χ0v) is 19.6. The molecule has 1 fully saturated rings. The topological polar surface area (TPSA) is 117 Å². The van der Waals surface area contributed by atoms with Crippen LogP contribution in [0.5, 0.6) is 5.75 Å². The molecule has 1 aliphatic heterocycles. The van der Waals surface area contributed by atoms with Gasteiger partial charge in [0.05, 0.1) is 36.6 Å². The lowest BCUT2D eigenvalue weighted by Gasteiger charge is -2.33. The predicted molar refractivity (Wildman–Crippen MR) is 118 cm³/mol. The van der Waals surface area contributed by atoms with Crippen LogP contribution in [0.2, 0.25) is 0 Å². The third kappa shape index (κ3) is 6.03. The van der Waals surface area contributed by atoms with Gasteiger partial charge in [0, 0.05) is 17.7 Å². The molecule has 2 aromatic carbocycles. The highest BCUT2D eigenvalue weighted by atomic mass is 32.2. The Morgan fingerprint density at radius 2 is 1.91 bits per heavy atom. The van der Waals surface area contributed by atoms with Gasteiger partial charge in [0.2, 0.25) is 0 Å². The highest BCUT2D eigenvalue weighted by molar-refractivity contribution is 7.98. The third-order valence-electron chi connectivity index (χ3n) is 5.31. The van der Waals surface area contributed by atoms with Crippen LogP contribution in [0.4, 0.5) is 13.2 Å². The lowest BCUT2D eigenvalue weighted by Crippen LogP contribution is -2.33. The Labute approximate surface area is 199 Å². The van der Waals surface area contributed by atoms with Crippen molar-refractivity contribution in [2.24, 2.45) is 0 Å². The summed E-state index contributed by atoms with van der Waals surface area (Å²) in [7, 11) is -5.77. The average Bonchev–Trinajstić information content (AvgIpc) is 2.78. The molecule has 0 radical (unpaired) electrons. The number of thioether (sulfide) groups is 1. The van der Waals surface area contributed by atoms with Crippen molar-refractivity contribution >= 4 is 21.9 Å². The second-order valence-electron chi connectivity index (χ2n) is 7.72. The predicted octanol–water partition coefficient (Wildman–Crippen LogP) is 3.67. The normalized spacial score (nSPS) is 21.1. The molecule has 0 aliphatic carbocycles. The van der Waals surface area contributed by atoms with Crippen LogP contribution in [0.15, 0.2) is 41.3 Å². The van der Waals surface area contributed by atoms with E-state index in [2.05, 4.69) is 10.3 Å². The molecule has 184 valence electrons. The lowest BCUT2D eigenvalue weighted by atomic mass is 9.92. The number of hydrogen-bond donors (Lipinski definition) is 2. The standard InChI is InChI=1S/C22H22F3NO6S2/c1-33-21-8-15(11-26)14(7-19(21)20-10-16(28)9-18(12-27)31-20)6-13-2-4-17(5-3-13)32-34(29,30)22(23,24)25/h2-5,7-8,16,18,20,27-28H,6,9-10,12H2,1H3. The molecule has 1 saturated heterocycles. The minimum absolute atomic E-state index is 0.232. The molecule has 12 heteroatoms. The van der Waals surface area contributed by atoms with Crippen molar-refractivity contribution in [1.82, 2.24) is 0 Å². The second-order valence-corrected chi connectivity index (χ2v) is 10.1. The molecule has 0 bridgehead atoms. The summed E-state index contributed by atoms with van der Waals surface area (Å²) in [6.45, 7) is -0.232. The summed E-state index contributed by atoms with van der Waals surface area (Å²) >= 11 is 1.41. The van der Waals surface area contributed by atoms with Gasteiger partial charge in [-0.25, -0.2) is 0 Å². The number of aliphatic hydroxyl groups is 2. The monoisotopic (exact) mass is 517 g/mol. The molecule has 1 heterocycles.